The van der Waals surface area contributed by atoms with E-state index in [1.807, 2.05) is 16.9 Å². The van der Waals surface area contributed by atoms with Crippen LogP contribution in [0.1, 0.15) is 38.1 Å². The predicted molar refractivity (Wildman–Crippen MR) is 98.4 cm³/mol. The lowest BCUT2D eigenvalue weighted by molar-refractivity contribution is -0.116. The Kier molecular flexibility index (Phi) is 5.46. The Morgan fingerprint density at radius 1 is 1.20 bits per heavy atom. The number of rotatable bonds is 6. The fraction of sp³-hybridized carbons (Fsp3) is 0.389. The van der Waals surface area contributed by atoms with Crippen LogP contribution in [-0.2, 0) is 11.3 Å². The second-order valence-corrected chi connectivity index (χ2v) is 7.26. The highest BCUT2D eigenvalue weighted by molar-refractivity contribution is 5.97. The molecule has 1 aromatic heterocycles. The minimum atomic E-state index is -0.501. The molecule has 2 amide bonds. The Labute approximate surface area is 147 Å². The van der Waals surface area contributed by atoms with Gasteiger partial charge in [0.15, 0.2) is 0 Å². The third kappa shape index (κ3) is 5.63. The summed E-state index contributed by atoms with van der Waals surface area (Å²) in [5, 5.41) is 10.3. The highest BCUT2D eigenvalue weighted by Gasteiger charge is 2.16. The predicted octanol–water partition coefficient (Wildman–Crippen LogP) is 2.47. The first-order valence-corrected chi connectivity index (χ1v) is 8.15. The van der Waals surface area contributed by atoms with E-state index < -0.39 is 11.9 Å². The van der Waals surface area contributed by atoms with Crippen LogP contribution in [-0.4, -0.2) is 27.6 Å². The molecule has 1 heterocycles. The van der Waals surface area contributed by atoms with Crippen LogP contribution in [0.25, 0.3) is 0 Å². The number of carbonyl (C=O) groups excluding carboxylic acids is 2. The highest BCUT2D eigenvalue weighted by Crippen LogP contribution is 2.17. The maximum atomic E-state index is 12.3. The molecule has 2 aromatic rings. The lowest BCUT2D eigenvalue weighted by atomic mass is 9.97. The molecule has 7 heteroatoms. The van der Waals surface area contributed by atoms with Crippen molar-refractivity contribution in [3.8, 4) is 0 Å². The quantitative estimate of drug-likeness (QED) is 0.750. The van der Waals surface area contributed by atoms with E-state index in [-0.39, 0.29) is 11.3 Å². The zero-order valence-corrected chi connectivity index (χ0v) is 15.0. The largest absolute Gasteiger partial charge is 0.366 e. The molecule has 2 rings (SSSR count). The summed E-state index contributed by atoms with van der Waals surface area (Å²) >= 11 is 0. The van der Waals surface area contributed by atoms with Crippen LogP contribution in [0.3, 0.4) is 0 Å². The number of nitrogens with two attached hydrogens (primary N) is 1. The maximum Gasteiger partial charge on any atom is 0.248 e. The SMILES string of the molecule is CC(Nc1ccn(CC(C)(C)C)n1)C(=O)Nc1ccc(C(N)=O)cc1. The van der Waals surface area contributed by atoms with Crippen LogP contribution in [0.15, 0.2) is 36.5 Å². The van der Waals surface area contributed by atoms with Crippen LogP contribution in [0.2, 0.25) is 0 Å². The van der Waals surface area contributed by atoms with Gasteiger partial charge in [-0.15, -0.1) is 0 Å². The van der Waals surface area contributed by atoms with E-state index in [2.05, 4.69) is 36.5 Å². The molecule has 1 atom stereocenters. The first-order chi connectivity index (χ1) is 11.6. The molecule has 7 nitrogen and oxygen atoms in total. The molecule has 134 valence electrons. The normalized spacial score (nSPS) is 12.5. The van der Waals surface area contributed by atoms with E-state index in [0.717, 1.165) is 6.54 Å². The van der Waals surface area contributed by atoms with Crippen LogP contribution in [0, 0.1) is 5.41 Å². The summed E-state index contributed by atoms with van der Waals surface area (Å²) in [6.45, 7) is 8.97. The maximum absolute atomic E-state index is 12.3. The van der Waals surface area contributed by atoms with Crippen LogP contribution in [0.5, 0.6) is 0 Å². The molecule has 0 aliphatic rings. The summed E-state index contributed by atoms with van der Waals surface area (Å²) in [5.74, 6) is -0.0491. The highest BCUT2D eigenvalue weighted by atomic mass is 16.2. The second-order valence-electron chi connectivity index (χ2n) is 7.26. The summed E-state index contributed by atoms with van der Waals surface area (Å²) in [6, 6.07) is 7.81. The molecule has 0 aliphatic heterocycles. The van der Waals surface area contributed by atoms with Crippen molar-refractivity contribution in [3.05, 3.63) is 42.1 Å². The number of hydrogen-bond acceptors (Lipinski definition) is 4. The molecule has 0 saturated carbocycles. The molecule has 0 saturated heterocycles. The number of nitrogens with one attached hydrogen (secondary N) is 2. The zero-order chi connectivity index (χ0) is 18.6. The van der Waals surface area contributed by atoms with Crippen molar-refractivity contribution >= 4 is 23.3 Å². The molecule has 0 aliphatic carbocycles. The van der Waals surface area contributed by atoms with Gasteiger partial charge in [-0.05, 0) is 36.6 Å². The van der Waals surface area contributed by atoms with Gasteiger partial charge in [0.25, 0.3) is 0 Å². The molecular weight excluding hydrogens is 318 g/mol. The minimum Gasteiger partial charge on any atom is -0.366 e. The Morgan fingerprint density at radius 3 is 2.40 bits per heavy atom. The number of primary amides is 1. The van der Waals surface area contributed by atoms with Crippen molar-refractivity contribution in [1.82, 2.24) is 9.78 Å². The summed E-state index contributed by atoms with van der Waals surface area (Å²) in [7, 11) is 0. The number of nitrogens with zero attached hydrogens (tertiary/aromatic N) is 2. The molecule has 25 heavy (non-hydrogen) atoms. The minimum absolute atomic E-state index is 0.128. The molecule has 1 aromatic carbocycles. The molecule has 0 bridgehead atoms. The molecular formula is C18H25N5O2. The van der Waals surface area contributed by atoms with Crippen molar-refractivity contribution < 1.29 is 9.59 Å². The standard InChI is InChI=1S/C18H25N5O2/c1-12(20-15-9-10-23(22-15)11-18(2,3)4)17(25)21-14-7-5-13(6-8-14)16(19)24/h5-10,12H,11H2,1-4H3,(H2,19,24)(H,20,22)(H,21,25). The van der Waals surface area contributed by atoms with Crippen molar-refractivity contribution in [3.63, 3.8) is 0 Å². The topological polar surface area (TPSA) is 102 Å². The van der Waals surface area contributed by atoms with Gasteiger partial charge in [0.2, 0.25) is 11.8 Å². The van der Waals surface area contributed by atoms with Crippen LogP contribution in [0.4, 0.5) is 11.5 Å². The number of hydrogen-bond donors (Lipinski definition) is 3. The van der Waals surface area contributed by atoms with Crippen molar-refractivity contribution in [2.24, 2.45) is 11.1 Å². The third-order valence-electron chi connectivity index (χ3n) is 3.47. The number of anilines is 2. The number of amides is 2. The van der Waals surface area contributed by atoms with Crippen molar-refractivity contribution in [2.75, 3.05) is 10.6 Å². The number of aromatic nitrogens is 2. The Balaban J connectivity index is 1.93. The van der Waals surface area contributed by atoms with Crippen molar-refractivity contribution in [2.45, 2.75) is 40.3 Å². The molecule has 0 fully saturated rings. The van der Waals surface area contributed by atoms with E-state index in [0.29, 0.717) is 17.1 Å². The zero-order valence-electron chi connectivity index (χ0n) is 15.0. The van der Waals surface area contributed by atoms with Gasteiger partial charge in [-0.2, -0.15) is 5.10 Å². The average Bonchev–Trinajstić information content (AvgIpc) is 2.92. The van der Waals surface area contributed by atoms with Gasteiger partial charge in [0.1, 0.15) is 11.9 Å². The smallest absolute Gasteiger partial charge is 0.248 e. The first-order valence-electron chi connectivity index (χ1n) is 8.15. The monoisotopic (exact) mass is 343 g/mol. The third-order valence-corrected chi connectivity index (χ3v) is 3.47. The van der Waals surface area contributed by atoms with Gasteiger partial charge in [-0.1, -0.05) is 20.8 Å². The fourth-order valence-corrected chi connectivity index (χ4v) is 2.27. The van der Waals surface area contributed by atoms with Gasteiger partial charge >= 0.3 is 0 Å². The lowest BCUT2D eigenvalue weighted by Gasteiger charge is -2.18. The lowest BCUT2D eigenvalue weighted by Crippen LogP contribution is -2.32. The van der Waals surface area contributed by atoms with E-state index in [1.54, 1.807) is 31.2 Å². The molecule has 4 N–H and O–H groups in total. The van der Waals surface area contributed by atoms with E-state index in [9.17, 15) is 9.59 Å². The van der Waals surface area contributed by atoms with Crippen LogP contribution >= 0.6 is 0 Å². The Bertz CT molecular complexity index is 744. The summed E-state index contributed by atoms with van der Waals surface area (Å²) in [6.07, 6.45) is 1.89. The van der Waals surface area contributed by atoms with E-state index >= 15 is 0 Å². The van der Waals surface area contributed by atoms with Gasteiger partial charge < -0.3 is 16.4 Å². The first kappa shape index (κ1) is 18.5. The van der Waals surface area contributed by atoms with E-state index in [4.69, 9.17) is 5.73 Å². The molecule has 0 radical (unpaired) electrons. The van der Waals surface area contributed by atoms with Gasteiger partial charge in [-0.25, -0.2) is 0 Å². The van der Waals surface area contributed by atoms with Crippen molar-refractivity contribution in [1.29, 1.82) is 0 Å². The van der Waals surface area contributed by atoms with Gasteiger partial charge in [0.05, 0.1) is 0 Å². The van der Waals surface area contributed by atoms with Gasteiger partial charge in [0, 0.05) is 30.1 Å². The average molecular weight is 343 g/mol. The number of carbonyl (C=O) groups is 2. The Hall–Kier alpha value is -2.83. The summed E-state index contributed by atoms with van der Waals surface area (Å²) < 4.78 is 1.86. The Morgan fingerprint density at radius 2 is 1.84 bits per heavy atom. The summed E-state index contributed by atoms with van der Waals surface area (Å²) in [4.78, 5) is 23.3. The fourth-order valence-electron chi connectivity index (χ4n) is 2.27. The second kappa shape index (κ2) is 7.38. The molecule has 1 unspecified atom stereocenters. The number of benzene rings is 1. The van der Waals surface area contributed by atoms with Crippen LogP contribution < -0.4 is 16.4 Å². The van der Waals surface area contributed by atoms with Gasteiger partial charge in [-0.3, -0.25) is 14.3 Å². The summed E-state index contributed by atoms with van der Waals surface area (Å²) in [5.41, 5.74) is 6.32. The van der Waals surface area contributed by atoms with E-state index in [1.165, 1.54) is 0 Å². The molecule has 0 spiro atoms.